The van der Waals surface area contributed by atoms with Gasteiger partial charge in [0.05, 0.1) is 24.2 Å². The molecular formula is C20H22Cl2N4O5. The molecule has 31 heavy (non-hydrogen) atoms. The fourth-order valence-corrected chi connectivity index (χ4v) is 3.85. The van der Waals surface area contributed by atoms with E-state index in [1.165, 1.54) is 0 Å². The first-order valence-electron chi connectivity index (χ1n) is 9.45. The Morgan fingerprint density at radius 2 is 2.16 bits per heavy atom. The second-order valence-corrected chi connectivity index (χ2v) is 7.78. The van der Waals surface area contributed by atoms with Crippen LogP contribution in [0.4, 0.5) is 0 Å². The molecule has 2 heterocycles. The number of methoxy groups -OCH3 is 1. The molecule has 0 bridgehead atoms. The first-order valence-corrected chi connectivity index (χ1v) is 9.83. The summed E-state index contributed by atoms with van der Waals surface area (Å²) in [7, 11) is 1.56. The number of hydrogen-bond donors (Lipinski definition) is 3. The monoisotopic (exact) mass is 468 g/mol. The zero-order chi connectivity index (χ0) is 21.5. The maximum absolute atomic E-state index is 12.6. The highest BCUT2D eigenvalue weighted by Crippen LogP contribution is 2.44. The number of ether oxygens (including phenoxy) is 2. The lowest BCUT2D eigenvalue weighted by Gasteiger charge is -2.17. The Balaban J connectivity index is 0.00000272. The van der Waals surface area contributed by atoms with Gasteiger partial charge in [0.2, 0.25) is 5.91 Å². The largest absolute Gasteiger partial charge is 0.497 e. The molecule has 0 spiro atoms. The molecule has 1 aromatic carbocycles. The SMILES string of the molecule is C=C[C@@H]1C[C@]1(NC(=O)[C@@H]1C[C@@H](Oc2nc3cc(OC)ccc3nc2Cl)CN1)C(=O)O.Cl. The topological polar surface area (TPSA) is 123 Å². The number of fused-ring (bicyclic) bond motifs is 1. The van der Waals surface area contributed by atoms with E-state index in [1.807, 2.05) is 0 Å². The molecule has 1 amide bonds. The fraction of sp³-hybridized carbons (Fsp3) is 0.400. The minimum absolute atomic E-state index is 0. The molecule has 1 aromatic heterocycles. The minimum Gasteiger partial charge on any atom is -0.497 e. The molecule has 2 aliphatic rings. The van der Waals surface area contributed by atoms with Gasteiger partial charge in [-0.3, -0.25) is 4.79 Å². The van der Waals surface area contributed by atoms with E-state index < -0.39 is 17.6 Å². The molecule has 9 nitrogen and oxygen atoms in total. The number of aliphatic carboxylic acids is 1. The number of rotatable bonds is 7. The van der Waals surface area contributed by atoms with Crippen LogP contribution in [0.3, 0.4) is 0 Å². The van der Waals surface area contributed by atoms with Crippen LogP contribution in [0.1, 0.15) is 12.8 Å². The summed E-state index contributed by atoms with van der Waals surface area (Å²) in [5, 5.41) is 15.3. The van der Waals surface area contributed by atoms with E-state index in [1.54, 1.807) is 31.4 Å². The quantitative estimate of drug-likeness (QED) is 0.527. The van der Waals surface area contributed by atoms with Crippen LogP contribution in [-0.2, 0) is 9.59 Å². The van der Waals surface area contributed by atoms with Crippen molar-refractivity contribution in [2.45, 2.75) is 30.5 Å². The van der Waals surface area contributed by atoms with E-state index in [0.29, 0.717) is 36.2 Å². The zero-order valence-electron chi connectivity index (χ0n) is 16.6. The van der Waals surface area contributed by atoms with Crippen LogP contribution in [0.25, 0.3) is 11.0 Å². The van der Waals surface area contributed by atoms with Crippen molar-refractivity contribution in [1.82, 2.24) is 20.6 Å². The highest BCUT2D eigenvalue weighted by atomic mass is 35.5. The maximum Gasteiger partial charge on any atom is 0.330 e. The number of nitrogens with zero attached hydrogens (tertiary/aromatic N) is 2. The predicted octanol–water partition coefficient (Wildman–Crippen LogP) is 1.97. The number of nitrogens with one attached hydrogen (secondary N) is 2. The van der Waals surface area contributed by atoms with E-state index in [0.717, 1.165) is 0 Å². The van der Waals surface area contributed by atoms with Gasteiger partial charge in [-0.25, -0.2) is 14.8 Å². The van der Waals surface area contributed by atoms with Crippen molar-refractivity contribution in [3.63, 3.8) is 0 Å². The van der Waals surface area contributed by atoms with E-state index in [9.17, 15) is 14.7 Å². The molecule has 166 valence electrons. The third-order valence-corrected chi connectivity index (χ3v) is 5.76. The van der Waals surface area contributed by atoms with Crippen molar-refractivity contribution >= 4 is 46.9 Å². The average Bonchev–Trinajstić information content (AvgIpc) is 3.25. The molecule has 1 aliphatic heterocycles. The second-order valence-electron chi connectivity index (χ2n) is 7.42. The van der Waals surface area contributed by atoms with Crippen LogP contribution in [0.2, 0.25) is 5.15 Å². The third-order valence-electron chi connectivity index (χ3n) is 5.51. The maximum atomic E-state index is 12.6. The van der Waals surface area contributed by atoms with Gasteiger partial charge >= 0.3 is 5.97 Å². The lowest BCUT2D eigenvalue weighted by molar-refractivity contribution is -0.143. The minimum atomic E-state index is -1.26. The van der Waals surface area contributed by atoms with Gasteiger partial charge in [-0.2, -0.15) is 0 Å². The van der Waals surface area contributed by atoms with Gasteiger partial charge in [-0.15, -0.1) is 19.0 Å². The number of hydrogen-bond acceptors (Lipinski definition) is 7. The number of amides is 1. The van der Waals surface area contributed by atoms with E-state index >= 15 is 0 Å². The number of benzene rings is 1. The van der Waals surface area contributed by atoms with Crippen molar-refractivity contribution in [2.75, 3.05) is 13.7 Å². The summed E-state index contributed by atoms with van der Waals surface area (Å²) in [4.78, 5) is 32.8. The Bertz CT molecular complexity index is 1040. The molecular weight excluding hydrogens is 447 g/mol. The Morgan fingerprint density at radius 1 is 1.39 bits per heavy atom. The standard InChI is InChI=1S/C20H21ClN4O5.ClH/c1-3-10-8-20(10,19(27)28)25-17(26)15-7-12(9-22-15)30-18-16(21)23-13-5-4-11(29-2)6-14(13)24-18;/h3-6,10,12,15,22H,1,7-9H2,2H3,(H,25,26)(H,27,28);1H/t10-,12-,15+,20-;/m1./s1. The molecule has 11 heteroatoms. The molecule has 4 rings (SSSR count). The van der Waals surface area contributed by atoms with Crippen molar-refractivity contribution in [2.24, 2.45) is 5.92 Å². The first kappa shape index (κ1) is 23.1. The number of carboxylic acids is 1. The van der Waals surface area contributed by atoms with Crippen LogP contribution >= 0.6 is 24.0 Å². The Hall–Kier alpha value is -2.62. The Morgan fingerprint density at radius 3 is 2.81 bits per heavy atom. The smallest absolute Gasteiger partial charge is 0.330 e. The fourth-order valence-electron chi connectivity index (χ4n) is 3.67. The van der Waals surface area contributed by atoms with Crippen LogP contribution < -0.4 is 20.1 Å². The predicted molar refractivity (Wildman–Crippen MR) is 116 cm³/mol. The second kappa shape index (κ2) is 8.86. The zero-order valence-corrected chi connectivity index (χ0v) is 18.2. The summed E-state index contributed by atoms with van der Waals surface area (Å²) < 4.78 is 11.1. The van der Waals surface area contributed by atoms with Gasteiger partial charge in [0.1, 0.15) is 17.4 Å². The van der Waals surface area contributed by atoms with Crippen LogP contribution in [0.15, 0.2) is 30.9 Å². The number of carbonyl (C=O) groups excluding carboxylic acids is 1. The summed E-state index contributed by atoms with van der Waals surface area (Å²) in [6, 6.07) is 4.66. The van der Waals surface area contributed by atoms with Gasteiger partial charge in [0.25, 0.3) is 5.88 Å². The van der Waals surface area contributed by atoms with Gasteiger partial charge in [0.15, 0.2) is 5.15 Å². The molecule has 0 radical (unpaired) electrons. The average molecular weight is 469 g/mol. The van der Waals surface area contributed by atoms with E-state index in [-0.39, 0.29) is 41.4 Å². The van der Waals surface area contributed by atoms with Crippen molar-refractivity contribution in [1.29, 1.82) is 0 Å². The first-order chi connectivity index (χ1) is 14.4. The van der Waals surface area contributed by atoms with Gasteiger partial charge in [-0.1, -0.05) is 17.7 Å². The lowest BCUT2D eigenvalue weighted by Crippen LogP contribution is -2.51. The lowest BCUT2D eigenvalue weighted by atomic mass is 10.1. The highest BCUT2D eigenvalue weighted by Gasteiger charge is 2.60. The molecule has 0 unspecified atom stereocenters. The number of aromatic nitrogens is 2. The van der Waals surface area contributed by atoms with Gasteiger partial charge in [-0.05, 0) is 18.6 Å². The van der Waals surface area contributed by atoms with Crippen LogP contribution in [0.5, 0.6) is 11.6 Å². The molecule has 4 atom stereocenters. The number of carbonyl (C=O) groups is 2. The van der Waals surface area contributed by atoms with Crippen LogP contribution in [-0.4, -0.2) is 58.3 Å². The molecule has 2 aromatic rings. The summed E-state index contributed by atoms with van der Waals surface area (Å²) in [5.74, 6) is -0.902. The van der Waals surface area contributed by atoms with Crippen molar-refractivity contribution < 1.29 is 24.2 Å². The summed E-state index contributed by atoms with van der Waals surface area (Å²) in [6.45, 7) is 4.01. The highest BCUT2D eigenvalue weighted by molar-refractivity contribution is 6.31. The Kier molecular flexibility index (Phi) is 6.59. The van der Waals surface area contributed by atoms with E-state index in [4.69, 9.17) is 21.1 Å². The van der Waals surface area contributed by atoms with Gasteiger partial charge in [0, 0.05) is 24.9 Å². The summed E-state index contributed by atoms with van der Waals surface area (Å²) in [5.41, 5.74) is -0.0808. The molecule has 3 N–H and O–H groups in total. The number of carboxylic acid groups (broad SMARTS) is 1. The van der Waals surface area contributed by atoms with Gasteiger partial charge < -0.3 is 25.2 Å². The molecule has 2 fully saturated rings. The number of halogens is 2. The molecule has 1 aliphatic carbocycles. The van der Waals surface area contributed by atoms with Crippen LogP contribution in [0, 0.1) is 5.92 Å². The van der Waals surface area contributed by atoms with E-state index in [2.05, 4.69) is 27.2 Å². The summed E-state index contributed by atoms with van der Waals surface area (Å²) in [6.07, 6.45) is 1.87. The third kappa shape index (κ3) is 4.39. The summed E-state index contributed by atoms with van der Waals surface area (Å²) >= 11 is 6.21. The normalized spacial score (nSPS) is 26.6. The molecule has 1 saturated heterocycles. The Labute approximate surface area is 189 Å². The van der Waals surface area contributed by atoms with Crippen molar-refractivity contribution in [3.05, 3.63) is 36.0 Å². The van der Waals surface area contributed by atoms with Crippen molar-refractivity contribution in [3.8, 4) is 11.6 Å². The molecule has 1 saturated carbocycles.